The van der Waals surface area contributed by atoms with Crippen molar-refractivity contribution in [3.63, 3.8) is 0 Å². The van der Waals surface area contributed by atoms with Gasteiger partial charge in [0.2, 0.25) is 0 Å². The van der Waals surface area contributed by atoms with E-state index in [4.69, 9.17) is 0 Å². The Morgan fingerprint density at radius 3 is 2.67 bits per heavy atom. The Morgan fingerprint density at radius 1 is 1.20 bits per heavy atom. The van der Waals surface area contributed by atoms with Crippen LogP contribution >= 0.6 is 0 Å². The molecule has 30 heavy (non-hydrogen) atoms. The summed E-state index contributed by atoms with van der Waals surface area (Å²) in [7, 11) is 0. The third-order valence-corrected chi connectivity index (χ3v) is 5.94. The summed E-state index contributed by atoms with van der Waals surface area (Å²) in [5, 5.41) is 33.4. The number of aryl methyl sites for hydroxylation is 1. The zero-order valence-electron chi connectivity index (χ0n) is 17.4. The first kappa shape index (κ1) is 20.1. The number of phenols is 1. The highest BCUT2D eigenvalue weighted by molar-refractivity contribution is 5.82. The molecule has 0 bridgehead atoms. The fourth-order valence-electron chi connectivity index (χ4n) is 4.24. The fourth-order valence-corrected chi connectivity index (χ4v) is 4.24. The second kappa shape index (κ2) is 8.30. The predicted molar refractivity (Wildman–Crippen MR) is 118 cm³/mol. The zero-order chi connectivity index (χ0) is 21.3. The Hall–Kier alpha value is -3.16. The minimum Gasteiger partial charge on any atom is -0.506 e. The number of anilines is 2. The fraction of sp³-hybridized carbons (Fsp3) is 0.455. The largest absolute Gasteiger partial charge is 0.506 e. The maximum Gasteiger partial charge on any atom is 0.271 e. The van der Waals surface area contributed by atoms with E-state index >= 15 is 0 Å². The van der Waals surface area contributed by atoms with Crippen LogP contribution in [0.5, 0.6) is 5.75 Å². The molecule has 2 aliphatic heterocycles. The Balaban J connectivity index is 1.80. The molecule has 1 atom stereocenters. The van der Waals surface area contributed by atoms with Gasteiger partial charge in [0.15, 0.2) is 0 Å². The number of benzene rings is 2. The van der Waals surface area contributed by atoms with E-state index in [9.17, 15) is 15.2 Å². The molecule has 2 aromatic carbocycles. The number of hydrogen-bond donors (Lipinski definition) is 2. The first-order valence-electron chi connectivity index (χ1n) is 10.6. The second-order valence-electron chi connectivity index (χ2n) is 8.03. The molecule has 2 aliphatic rings. The summed E-state index contributed by atoms with van der Waals surface area (Å²) in [6, 6.07) is 6.13. The third kappa shape index (κ3) is 3.81. The van der Waals surface area contributed by atoms with Crippen LogP contribution in [0.3, 0.4) is 0 Å². The number of nitrogens with zero attached hydrogens (tertiary/aromatic N) is 4. The van der Waals surface area contributed by atoms with Gasteiger partial charge in [0.05, 0.1) is 10.6 Å². The van der Waals surface area contributed by atoms with E-state index in [2.05, 4.69) is 40.4 Å². The molecule has 1 unspecified atom stereocenters. The molecule has 4 rings (SSSR count). The van der Waals surface area contributed by atoms with Crippen molar-refractivity contribution in [2.75, 3.05) is 23.3 Å². The third-order valence-electron chi connectivity index (χ3n) is 5.94. The SMILES string of the molecule is CCC(C)Nc1c(N=Nc2cc([N+](=O)[O-])ccc2O)cc2c3c1CCCN3CCC2. The summed E-state index contributed by atoms with van der Waals surface area (Å²) >= 11 is 0. The molecule has 0 radical (unpaired) electrons. The Labute approximate surface area is 175 Å². The highest BCUT2D eigenvalue weighted by Crippen LogP contribution is 2.45. The van der Waals surface area contributed by atoms with Gasteiger partial charge in [-0.2, -0.15) is 0 Å². The number of non-ortho nitro benzene ring substituents is 1. The van der Waals surface area contributed by atoms with Crippen LogP contribution in [0.15, 0.2) is 34.5 Å². The number of phenolic OH excluding ortho intramolecular Hbond substituents is 1. The van der Waals surface area contributed by atoms with E-state index in [1.165, 1.54) is 35.0 Å². The summed E-state index contributed by atoms with van der Waals surface area (Å²) < 4.78 is 0. The molecule has 2 N–H and O–H groups in total. The summed E-state index contributed by atoms with van der Waals surface area (Å²) in [5.74, 6) is -0.133. The van der Waals surface area contributed by atoms with Crippen molar-refractivity contribution in [3.8, 4) is 5.75 Å². The summed E-state index contributed by atoms with van der Waals surface area (Å²) in [4.78, 5) is 13.0. The smallest absolute Gasteiger partial charge is 0.271 e. The molecule has 8 heteroatoms. The van der Waals surface area contributed by atoms with E-state index in [1.807, 2.05) is 0 Å². The molecule has 0 fully saturated rings. The van der Waals surface area contributed by atoms with Gasteiger partial charge in [0, 0.05) is 42.5 Å². The van der Waals surface area contributed by atoms with Crippen molar-refractivity contribution >= 4 is 28.4 Å². The van der Waals surface area contributed by atoms with Crippen molar-refractivity contribution in [2.45, 2.75) is 52.0 Å². The molecule has 2 aromatic rings. The van der Waals surface area contributed by atoms with Crippen LogP contribution in [0.4, 0.5) is 28.4 Å². The summed E-state index contributed by atoms with van der Waals surface area (Å²) in [6.07, 6.45) is 5.19. The molecule has 0 amide bonds. The number of azo groups is 1. The lowest BCUT2D eigenvalue weighted by molar-refractivity contribution is -0.384. The van der Waals surface area contributed by atoms with E-state index in [1.54, 1.807) is 0 Å². The zero-order valence-corrected chi connectivity index (χ0v) is 17.4. The molecule has 0 spiro atoms. The van der Waals surface area contributed by atoms with Gasteiger partial charge in [-0.3, -0.25) is 10.1 Å². The number of rotatable bonds is 6. The van der Waals surface area contributed by atoms with E-state index in [0.29, 0.717) is 0 Å². The van der Waals surface area contributed by atoms with Crippen LogP contribution in [-0.2, 0) is 12.8 Å². The molecule has 0 saturated carbocycles. The molecular formula is C22H27N5O3. The average molecular weight is 409 g/mol. The van der Waals surface area contributed by atoms with Gasteiger partial charge in [-0.25, -0.2) is 0 Å². The van der Waals surface area contributed by atoms with Crippen LogP contribution in [0.1, 0.15) is 44.2 Å². The van der Waals surface area contributed by atoms with Crippen LogP contribution in [0, 0.1) is 10.1 Å². The van der Waals surface area contributed by atoms with Crippen molar-refractivity contribution in [1.29, 1.82) is 0 Å². The van der Waals surface area contributed by atoms with Gasteiger partial charge >= 0.3 is 0 Å². The van der Waals surface area contributed by atoms with Gasteiger partial charge in [0.1, 0.15) is 17.1 Å². The van der Waals surface area contributed by atoms with Crippen LogP contribution in [-0.4, -0.2) is 29.2 Å². The molecule has 2 heterocycles. The van der Waals surface area contributed by atoms with E-state index in [-0.39, 0.29) is 23.2 Å². The minimum atomic E-state index is -0.508. The number of hydrogen-bond acceptors (Lipinski definition) is 7. The predicted octanol–water partition coefficient (Wildman–Crippen LogP) is 5.63. The Bertz CT molecular complexity index is 1000. The Kier molecular flexibility index (Phi) is 5.57. The van der Waals surface area contributed by atoms with Crippen LogP contribution in [0.2, 0.25) is 0 Å². The number of nitrogens with one attached hydrogen (secondary N) is 1. The lowest BCUT2D eigenvalue weighted by Crippen LogP contribution is -2.35. The lowest BCUT2D eigenvalue weighted by Gasteiger charge is -2.38. The highest BCUT2D eigenvalue weighted by Gasteiger charge is 2.28. The van der Waals surface area contributed by atoms with Gasteiger partial charge in [0.25, 0.3) is 5.69 Å². The molecule has 0 aliphatic carbocycles. The van der Waals surface area contributed by atoms with Crippen molar-refractivity contribution in [2.24, 2.45) is 10.2 Å². The standard InChI is InChI=1S/C22H27N5O3/c1-3-14(2)23-21-17-7-5-11-26-10-4-6-15(22(17)26)12-19(21)25-24-18-13-16(27(29)30)8-9-20(18)28/h8-9,12-14,23,28H,3-7,10-11H2,1-2H3. The topological polar surface area (TPSA) is 103 Å². The van der Waals surface area contributed by atoms with E-state index < -0.39 is 4.92 Å². The Morgan fingerprint density at radius 2 is 1.93 bits per heavy atom. The van der Waals surface area contributed by atoms with Crippen molar-refractivity contribution in [1.82, 2.24) is 0 Å². The van der Waals surface area contributed by atoms with E-state index in [0.717, 1.165) is 56.6 Å². The first-order chi connectivity index (χ1) is 14.5. The molecule has 8 nitrogen and oxygen atoms in total. The number of nitro benzene ring substituents is 1. The maximum absolute atomic E-state index is 11.1. The second-order valence-corrected chi connectivity index (χ2v) is 8.03. The van der Waals surface area contributed by atoms with Gasteiger partial charge in [-0.05, 0) is 56.7 Å². The normalized spacial score (nSPS) is 16.4. The molecule has 0 saturated heterocycles. The van der Waals surface area contributed by atoms with Crippen LogP contribution in [0.25, 0.3) is 0 Å². The van der Waals surface area contributed by atoms with Crippen molar-refractivity contribution in [3.05, 3.63) is 45.5 Å². The average Bonchev–Trinajstić information content (AvgIpc) is 2.75. The first-order valence-corrected chi connectivity index (χ1v) is 10.6. The lowest BCUT2D eigenvalue weighted by atomic mass is 9.89. The van der Waals surface area contributed by atoms with Crippen molar-refractivity contribution < 1.29 is 10.0 Å². The summed E-state index contributed by atoms with van der Waals surface area (Å²) in [5.41, 5.74) is 5.58. The molecule has 0 aromatic heterocycles. The monoisotopic (exact) mass is 409 g/mol. The minimum absolute atomic E-state index is 0.0895. The molecule has 158 valence electrons. The van der Waals surface area contributed by atoms with Crippen LogP contribution < -0.4 is 10.2 Å². The highest BCUT2D eigenvalue weighted by atomic mass is 16.6. The molecular weight excluding hydrogens is 382 g/mol. The maximum atomic E-state index is 11.1. The summed E-state index contributed by atoms with van der Waals surface area (Å²) in [6.45, 7) is 6.45. The quantitative estimate of drug-likeness (QED) is 0.366. The number of nitro groups is 1. The van der Waals surface area contributed by atoms with Gasteiger partial charge in [-0.15, -0.1) is 10.2 Å². The van der Waals surface area contributed by atoms with Gasteiger partial charge < -0.3 is 15.3 Å². The van der Waals surface area contributed by atoms with Gasteiger partial charge in [-0.1, -0.05) is 6.92 Å². The number of aromatic hydroxyl groups is 1.